The van der Waals surface area contributed by atoms with Crippen LogP contribution in [-0.4, -0.2) is 19.9 Å². The Morgan fingerprint density at radius 3 is 1.75 bits per heavy atom. The second-order valence-corrected chi connectivity index (χ2v) is 14.2. The van der Waals surface area contributed by atoms with Crippen LogP contribution in [0.3, 0.4) is 0 Å². The van der Waals surface area contributed by atoms with Gasteiger partial charge in [-0.05, 0) is 98.8 Å². The Balaban J connectivity index is 1.01. The summed E-state index contributed by atoms with van der Waals surface area (Å²) in [5, 5.41) is 5.67. The van der Waals surface area contributed by atoms with Gasteiger partial charge in [0.1, 0.15) is 11.3 Å². The highest BCUT2D eigenvalue weighted by atomic mass is 16.3. The van der Waals surface area contributed by atoms with Gasteiger partial charge in [0.25, 0.3) is 0 Å². The molecule has 0 amide bonds. The van der Waals surface area contributed by atoms with Gasteiger partial charge in [-0.3, -0.25) is 9.97 Å². The van der Waals surface area contributed by atoms with Crippen molar-refractivity contribution in [3.8, 4) is 67.4 Å². The van der Waals surface area contributed by atoms with Crippen LogP contribution in [0, 0.1) is 0 Å². The van der Waals surface area contributed by atoms with Crippen molar-refractivity contribution in [2.75, 3.05) is 0 Å². The molecule has 0 aliphatic carbocycles. The van der Waals surface area contributed by atoms with Crippen LogP contribution in [0.2, 0.25) is 0 Å². The van der Waals surface area contributed by atoms with Gasteiger partial charge < -0.3 is 4.42 Å². The highest BCUT2D eigenvalue weighted by Gasteiger charge is 2.19. The Morgan fingerprint density at radius 1 is 0.368 bits per heavy atom. The zero-order chi connectivity index (χ0) is 37.7. The molecule has 266 valence electrons. The topological polar surface area (TPSA) is 64.7 Å². The molecule has 0 atom stereocenters. The van der Waals surface area contributed by atoms with Gasteiger partial charge in [-0.15, -0.1) is 0 Å². The Kier molecular flexibility index (Phi) is 7.74. The van der Waals surface area contributed by atoms with E-state index in [1.165, 1.54) is 16.3 Å². The van der Waals surface area contributed by atoms with E-state index < -0.39 is 0 Å². The van der Waals surface area contributed by atoms with E-state index in [4.69, 9.17) is 14.4 Å². The SMILES string of the molecule is c1ccc(-c2cc(-c3ccc(-c4cccc(-c5nc6cc(-c7cccc8ccccc78)ccc6c6c5oc5ccccc56)c4)cc3)cc(-c3ccccn3)n2)nc1. The summed E-state index contributed by atoms with van der Waals surface area (Å²) in [6, 6.07) is 63.2. The van der Waals surface area contributed by atoms with Gasteiger partial charge in [-0.1, -0.05) is 127 Å². The van der Waals surface area contributed by atoms with E-state index in [1.54, 1.807) is 12.4 Å². The maximum atomic E-state index is 6.64. The van der Waals surface area contributed by atoms with Gasteiger partial charge in [-0.2, -0.15) is 0 Å². The first kappa shape index (κ1) is 32.7. The monoisotopic (exact) mass is 728 g/mol. The van der Waals surface area contributed by atoms with E-state index in [0.717, 1.165) is 94.7 Å². The molecule has 0 spiro atoms. The fourth-order valence-corrected chi connectivity index (χ4v) is 8.02. The van der Waals surface area contributed by atoms with Crippen molar-refractivity contribution in [2.45, 2.75) is 0 Å². The number of furan rings is 1. The van der Waals surface area contributed by atoms with E-state index in [-0.39, 0.29) is 0 Å². The Hall–Kier alpha value is -7.76. The van der Waals surface area contributed by atoms with Gasteiger partial charge in [-0.25, -0.2) is 9.97 Å². The molecule has 0 saturated carbocycles. The number of fused-ring (bicyclic) bond motifs is 6. The zero-order valence-corrected chi connectivity index (χ0v) is 30.7. The summed E-state index contributed by atoms with van der Waals surface area (Å²) in [4.78, 5) is 19.5. The number of pyridine rings is 4. The van der Waals surface area contributed by atoms with E-state index >= 15 is 0 Å². The third kappa shape index (κ3) is 5.81. The molecule has 0 saturated heterocycles. The molecule has 0 aliphatic heterocycles. The van der Waals surface area contributed by atoms with Gasteiger partial charge >= 0.3 is 0 Å². The first-order valence-electron chi connectivity index (χ1n) is 19.0. The predicted molar refractivity (Wildman–Crippen MR) is 233 cm³/mol. The zero-order valence-electron chi connectivity index (χ0n) is 30.7. The largest absolute Gasteiger partial charge is 0.454 e. The van der Waals surface area contributed by atoms with Crippen LogP contribution in [0.25, 0.3) is 111 Å². The molecular formula is C52H32N4O. The van der Waals surface area contributed by atoms with Crippen molar-refractivity contribution in [2.24, 2.45) is 0 Å². The Bertz CT molecular complexity index is 3220. The summed E-state index contributed by atoms with van der Waals surface area (Å²) in [7, 11) is 0. The average molecular weight is 729 g/mol. The third-order valence-electron chi connectivity index (χ3n) is 10.8. The van der Waals surface area contributed by atoms with Crippen molar-refractivity contribution < 1.29 is 4.42 Å². The number of benzene rings is 6. The standard InChI is InChI=1S/C52H32N4O/c1-2-15-40-35(11-1)12-10-17-41(40)37-25-26-42-46(30-37)56-51(52-50(42)43-16-3-4-20-49(43)57-52)38-14-9-13-36(29-38)33-21-23-34(24-22-33)39-31-47(44-18-5-7-27-53-44)55-48(32-39)45-19-6-8-28-54-45/h1-32H. The number of hydrogen-bond acceptors (Lipinski definition) is 5. The van der Waals surface area contributed by atoms with Crippen molar-refractivity contribution in [3.63, 3.8) is 0 Å². The quantitative estimate of drug-likeness (QED) is 0.171. The highest BCUT2D eigenvalue weighted by molar-refractivity contribution is 6.21. The van der Waals surface area contributed by atoms with Crippen molar-refractivity contribution in [1.82, 2.24) is 19.9 Å². The normalized spacial score (nSPS) is 11.5. The van der Waals surface area contributed by atoms with Crippen molar-refractivity contribution >= 4 is 43.6 Å². The number of para-hydroxylation sites is 1. The smallest absolute Gasteiger partial charge is 0.162 e. The minimum Gasteiger partial charge on any atom is -0.454 e. The predicted octanol–water partition coefficient (Wildman–Crippen LogP) is 13.5. The summed E-state index contributed by atoms with van der Waals surface area (Å²) in [5.41, 5.74) is 14.2. The minimum atomic E-state index is 0.791. The van der Waals surface area contributed by atoms with Crippen LogP contribution < -0.4 is 0 Å². The second-order valence-electron chi connectivity index (χ2n) is 14.2. The lowest BCUT2D eigenvalue weighted by atomic mass is 9.95. The van der Waals surface area contributed by atoms with Crippen molar-refractivity contribution in [3.05, 3.63) is 194 Å². The van der Waals surface area contributed by atoms with Crippen molar-refractivity contribution in [1.29, 1.82) is 0 Å². The fraction of sp³-hybridized carbons (Fsp3) is 0. The Labute approximate surface area is 328 Å². The molecule has 5 heteroatoms. The molecule has 6 aromatic carbocycles. The molecule has 5 nitrogen and oxygen atoms in total. The molecule has 0 radical (unpaired) electrons. The molecule has 0 N–H and O–H groups in total. The van der Waals surface area contributed by atoms with Crippen LogP contribution in [0.4, 0.5) is 0 Å². The fourth-order valence-electron chi connectivity index (χ4n) is 8.02. The second kappa shape index (κ2) is 13.5. The number of hydrogen-bond donors (Lipinski definition) is 0. The van der Waals surface area contributed by atoms with E-state index in [1.807, 2.05) is 48.5 Å². The Morgan fingerprint density at radius 2 is 1.00 bits per heavy atom. The maximum Gasteiger partial charge on any atom is 0.162 e. The lowest BCUT2D eigenvalue weighted by Gasteiger charge is -2.12. The van der Waals surface area contributed by atoms with E-state index in [2.05, 4.69) is 143 Å². The first-order chi connectivity index (χ1) is 28.2. The van der Waals surface area contributed by atoms with Gasteiger partial charge in [0.15, 0.2) is 5.58 Å². The van der Waals surface area contributed by atoms with Crippen LogP contribution in [-0.2, 0) is 0 Å². The summed E-state index contributed by atoms with van der Waals surface area (Å²) < 4.78 is 6.64. The number of nitrogens with zero attached hydrogens (tertiary/aromatic N) is 4. The lowest BCUT2D eigenvalue weighted by Crippen LogP contribution is -1.94. The molecule has 0 bridgehead atoms. The summed E-state index contributed by atoms with van der Waals surface area (Å²) in [6.45, 7) is 0. The summed E-state index contributed by atoms with van der Waals surface area (Å²) in [6.07, 6.45) is 3.59. The molecule has 5 heterocycles. The first-order valence-corrected chi connectivity index (χ1v) is 19.0. The van der Waals surface area contributed by atoms with Crippen LogP contribution in [0.5, 0.6) is 0 Å². The summed E-state index contributed by atoms with van der Waals surface area (Å²) in [5.74, 6) is 0. The van der Waals surface area contributed by atoms with E-state index in [0.29, 0.717) is 0 Å². The third-order valence-corrected chi connectivity index (χ3v) is 10.8. The molecule has 11 rings (SSSR count). The van der Waals surface area contributed by atoms with Gasteiger partial charge in [0, 0.05) is 34.1 Å². The highest BCUT2D eigenvalue weighted by Crippen LogP contribution is 2.41. The molecule has 11 aromatic rings. The number of aromatic nitrogens is 4. The van der Waals surface area contributed by atoms with Gasteiger partial charge in [0.05, 0.1) is 28.3 Å². The van der Waals surface area contributed by atoms with E-state index in [9.17, 15) is 0 Å². The molecule has 0 unspecified atom stereocenters. The maximum absolute atomic E-state index is 6.64. The summed E-state index contributed by atoms with van der Waals surface area (Å²) >= 11 is 0. The van der Waals surface area contributed by atoms with Crippen LogP contribution in [0.15, 0.2) is 199 Å². The lowest BCUT2D eigenvalue weighted by molar-refractivity contribution is 0.669. The minimum absolute atomic E-state index is 0.791. The molecule has 0 fully saturated rings. The van der Waals surface area contributed by atoms with Crippen LogP contribution >= 0.6 is 0 Å². The molecular weight excluding hydrogens is 697 g/mol. The molecule has 5 aromatic heterocycles. The molecule has 0 aliphatic rings. The number of rotatable bonds is 6. The molecule has 57 heavy (non-hydrogen) atoms. The average Bonchev–Trinajstić information content (AvgIpc) is 3.69. The van der Waals surface area contributed by atoms with Crippen LogP contribution in [0.1, 0.15) is 0 Å². The van der Waals surface area contributed by atoms with Gasteiger partial charge in [0.2, 0.25) is 0 Å².